The van der Waals surface area contributed by atoms with Gasteiger partial charge >= 0.3 is 0 Å². The van der Waals surface area contributed by atoms with Crippen LogP contribution in [0.3, 0.4) is 0 Å². The third kappa shape index (κ3) is 4.71. The van der Waals surface area contributed by atoms with Crippen molar-refractivity contribution in [3.05, 3.63) is 30.6 Å². The van der Waals surface area contributed by atoms with Crippen molar-refractivity contribution in [3.8, 4) is 0 Å². The molecule has 0 atom stereocenters. The zero-order valence-corrected chi connectivity index (χ0v) is 8.83. The first-order chi connectivity index (χ1) is 6.08. The van der Waals surface area contributed by atoms with Crippen LogP contribution in [0.1, 0.15) is 20.8 Å². The molecular weight excluding hydrogens is 157 g/mol. The summed E-state index contributed by atoms with van der Waals surface area (Å²) in [6.07, 6.45) is 6.37. The normalized spacial score (nSPS) is 11.3. The molecule has 0 bridgehead atoms. The van der Waals surface area contributed by atoms with Gasteiger partial charge in [0.05, 0.1) is 0 Å². The maximum absolute atomic E-state index is 2.33. The molecule has 2 heteroatoms. The number of rotatable bonds is 3. The zero-order valence-electron chi connectivity index (χ0n) is 8.83. The molecule has 0 fully saturated rings. The number of hydrogen-bond donors (Lipinski definition) is 0. The van der Waals surface area contributed by atoms with Gasteiger partial charge in [-0.2, -0.15) is 0 Å². The third-order valence-electron chi connectivity index (χ3n) is 1.87. The molecule has 69 valence electrons. The van der Waals surface area contributed by atoms with Gasteiger partial charge in [0, 0.05) is 12.1 Å². The summed E-state index contributed by atoms with van der Waals surface area (Å²) in [6, 6.07) is 6.16. The molecule has 0 spiro atoms. The minimum Gasteiger partial charge on any atom is -0.214 e. The van der Waals surface area contributed by atoms with Crippen molar-refractivity contribution in [1.29, 1.82) is 0 Å². The van der Waals surface area contributed by atoms with Gasteiger partial charge in [-0.25, -0.2) is 4.57 Å². The Balaban J connectivity index is 2.29. The van der Waals surface area contributed by atoms with Crippen LogP contribution in [0, 0.1) is 5.41 Å². The Morgan fingerprint density at radius 3 is 2.23 bits per heavy atom. The van der Waals surface area contributed by atoms with Crippen molar-refractivity contribution in [2.24, 2.45) is 5.41 Å². The highest BCUT2D eigenvalue weighted by Gasteiger charge is 2.11. The molecule has 0 saturated carbocycles. The van der Waals surface area contributed by atoms with E-state index in [0.29, 0.717) is 5.41 Å². The van der Waals surface area contributed by atoms with Gasteiger partial charge in [-0.1, -0.05) is 33.2 Å². The molecule has 0 aliphatic rings. The monoisotopic (exact) mass is 175 g/mol. The number of aromatic nitrogens is 1. The predicted octanol–water partition coefficient (Wildman–Crippen LogP) is 2.10. The van der Waals surface area contributed by atoms with Gasteiger partial charge < -0.3 is 0 Å². The molecule has 0 aliphatic carbocycles. The van der Waals surface area contributed by atoms with Crippen molar-refractivity contribution in [1.82, 2.24) is 0 Å². The van der Waals surface area contributed by atoms with E-state index in [1.54, 1.807) is 0 Å². The molecule has 0 aliphatic heterocycles. The summed E-state index contributed by atoms with van der Waals surface area (Å²) in [7, 11) is 2.33. The Morgan fingerprint density at radius 1 is 1.08 bits per heavy atom. The van der Waals surface area contributed by atoms with Crippen LogP contribution in [-0.4, -0.2) is 7.28 Å². The van der Waals surface area contributed by atoms with Crippen LogP contribution < -0.4 is 4.57 Å². The van der Waals surface area contributed by atoms with Gasteiger partial charge in [0.15, 0.2) is 12.4 Å². The second-order valence-corrected chi connectivity index (χ2v) is 4.63. The summed E-state index contributed by atoms with van der Waals surface area (Å²) >= 11 is 0. The highest BCUT2D eigenvalue weighted by molar-refractivity contribution is 6.33. The van der Waals surface area contributed by atoms with Crippen LogP contribution in [0.2, 0.25) is 6.32 Å². The van der Waals surface area contributed by atoms with Crippen LogP contribution in [0.5, 0.6) is 0 Å². The van der Waals surface area contributed by atoms with Crippen LogP contribution in [0.15, 0.2) is 30.6 Å². The Labute approximate surface area is 82.0 Å². The highest BCUT2D eigenvalue weighted by Crippen LogP contribution is 2.17. The minimum atomic E-state index is 0.412. The molecule has 1 rings (SSSR count). The van der Waals surface area contributed by atoms with E-state index in [0.717, 1.165) is 12.8 Å². The average molecular weight is 175 g/mol. The lowest BCUT2D eigenvalue weighted by atomic mass is 9.65. The van der Waals surface area contributed by atoms with E-state index in [2.05, 4.69) is 57.1 Å². The van der Waals surface area contributed by atoms with Crippen molar-refractivity contribution in [2.75, 3.05) is 0 Å². The van der Waals surface area contributed by atoms with E-state index >= 15 is 0 Å². The molecule has 1 aromatic rings. The zero-order chi connectivity index (χ0) is 9.73. The molecule has 0 amide bonds. The van der Waals surface area contributed by atoms with E-state index in [1.165, 1.54) is 0 Å². The molecule has 0 N–H and O–H groups in total. The van der Waals surface area contributed by atoms with Crippen molar-refractivity contribution in [3.63, 3.8) is 0 Å². The largest absolute Gasteiger partial charge is 0.214 e. The maximum Gasteiger partial charge on any atom is 0.201 e. The van der Waals surface area contributed by atoms with Crippen molar-refractivity contribution in [2.45, 2.75) is 33.5 Å². The minimum absolute atomic E-state index is 0.412. The second kappa shape index (κ2) is 4.45. The topological polar surface area (TPSA) is 3.88 Å². The van der Waals surface area contributed by atoms with E-state index < -0.39 is 0 Å². The van der Waals surface area contributed by atoms with E-state index in [4.69, 9.17) is 0 Å². The fourth-order valence-corrected chi connectivity index (χ4v) is 1.20. The summed E-state index contributed by atoms with van der Waals surface area (Å²) in [5.74, 6) is 0. The first kappa shape index (κ1) is 10.3. The Morgan fingerprint density at radius 2 is 1.69 bits per heavy atom. The van der Waals surface area contributed by atoms with E-state index in [-0.39, 0.29) is 0 Å². The first-order valence-corrected chi connectivity index (χ1v) is 4.84. The van der Waals surface area contributed by atoms with Crippen LogP contribution in [-0.2, 0) is 6.44 Å². The second-order valence-electron chi connectivity index (χ2n) is 4.63. The quantitative estimate of drug-likeness (QED) is 0.489. The van der Waals surface area contributed by atoms with E-state index in [1.807, 2.05) is 6.07 Å². The van der Waals surface area contributed by atoms with Crippen LogP contribution in [0.4, 0.5) is 0 Å². The smallest absolute Gasteiger partial charge is 0.201 e. The summed E-state index contributed by atoms with van der Waals surface area (Å²) in [4.78, 5) is 0. The summed E-state index contributed by atoms with van der Waals surface area (Å²) in [6.45, 7) is 6.79. The fourth-order valence-electron chi connectivity index (χ4n) is 1.20. The Bertz CT molecular complexity index is 238. The standard InChI is InChI=1S/C11H18BN/c1-11(2,3)9-12-10-13-7-5-4-6-8-13/h4-8H,9-10H2,1-3H3/q+1. The molecule has 1 heterocycles. The average Bonchev–Trinajstić information content (AvgIpc) is 2.04. The lowest BCUT2D eigenvalue weighted by molar-refractivity contribution is -0.679. The molecule has 0 saturated heterocycles. The molecule has 1 radical (unpaired) electrons. The summed E-state index contributed by atoms with van der Waals surface area (Å²) < 4.78 is 2.19. The first-order valence-electron chi connectivity index (χ1n) is 4.84. The lowest BCUT2D eigenvalue weighted by Crippen LogP contribution is -2.36. The summed E-state index contributed by atoms with van der Waals surface area (Å²) in [5.41, 5.74) is 0.412. The number of hydrogen-bond acceptors (Lipinski definition) is 0. The van der Waals surface area contributed by atoms with Gasteiger partial charge in [-0.05, 0) is 5.41 Å². The van der Waals surface area contributed by atoms with Crippen molar-refractivity contribution < 1.29 is 4.57 Å². The number of nitrogens with zero attached hydrogens (tertiary/aromatic N) is 1. The fraction of sp³-hybridized carbons (Fsp3) is 0.545. The molecular formula is C11H18BN+. The van der Waals surface area contributed by atoms with Gasteiger partial charge in [0.25, 0.3) is 0 Å². The van der Waals surface area contributed by atoms with E-state index in [9.17, 15) is 0 Å². The SMILES string of the molecule is CC(C)(C)C[B]C[n+]1ccccc1. The predicted molar refractivity (Wildman–Crippen MR) is 56.7 cm³/mol. The third-order valence-corrected chi connectivity index (χ3v) is 1.87. The Kier molecular flexibility index (Phi) is 3.53. The molecule has 1 aromatic heterocycles. The van der Waals surface area contributed by atoms with Crippen LogP contribution >= 0.6 is 0 Å². The van der Waals surface area contributed by atoms with Gasteiger partial charge in [0.1, 0.15) is 6.44 Å². The van der Waals surface area contributed by atoms with Gasteiger partial charge in [-0.3, -0.25) is 0 Å². The highest BCUT2D eigenvalue weighted by atomic mass is 14.9. The Hall–Kier alpha value is -0.785. The molecule has 0 unspecified atom stereocenters. The van der Waals surface area contributed by atoms with Crippen LogP contribution in [0.25, 0.3) is 0 Å². The molecule has 1 nitrogen and oxygen atoms in total. The van der Waals surface area contributed by atoms with Gasteiger partial charge in [0.2, 0.25) is 7.28 Å². The number of pyridine rings is 1. The summed E-state index contributed by atoms with van der Waals surface area (Å²) in [5, 5.41) is 0. The maximum atomic E-state index is 2.33. The lowest BCUT2D eigenvalue weighted by Gasteiger charge is -2.15. The van der Waals surface area contributed by atoms with Gasteiger partial charge in [-0.15, -0.1) is 0 Å². The molecule has 13 heavy (non-hydrogen) atoms. The van der Waals surface area contributed by atoms with Crippen molar-refractivity contribution >= 4 is 7.28 Å². The molecule has 0 aromatic carbocycles.